The van der Waals surface area contributed by atoms with Gasteiger partial charge < -0.3 is 9.72 Å². The molecule has 2 aromatic heterocycles. The summed E-state index contributed by atoms with van der Waals surface area (Å²) in [5, 5.41) is 13.5. The number of nitrogens with one attached hydrogen (secondary N) is 1. The summed E-state index contributed by atoms with van der Waals surface area (Å²) < 4.78 is 20.9. The third-order valence-electron chi connectivity index (χ3n) is 6.74. The second-order valence-electron chi connectivity index (χ2n) is 9.44. The molecule has 39 heavy (non-hydrogen) atoms. The van der Waals surface area contributed by atoms with Gasteiger partial charge in [-0.15, -0.1) is 5.10 Å². The fourth-order valence-electron chi connectivity index (χ4n) is 4.85. The van der Waals surface area contributed by atoms with Crippen molar-refractivity contribution in [2.24, 2.45) is 0 Å². The fraction of sp³-hybridized carbons (Fsp3) is 0.267. The van der Waals surface area contributed by atoms with E-state index in [-0.39, 0.29) is 17.4 Å². The minimum Gasteiger partial charge on any atom is -0.494 e. The van der Waals surface area contributed by atoms with Gasteiger partial charge in [-0.05, 0) is 71.3 Å². The average Bonchev–Trinajstić information content (AvgIpc) is 3.39. The van der Waals surface area contributed by atoms with Gasteiger partial charge in [0.1, 0.15) is 11.6 Å². The maximum absolute atomic E-state index is 13.4. The van der Waals surface area contributed by atoms with Crippen LogP contribution in [0.4, 0.5) is 4.39 Å². The molecule has 5 aromatic rings. The first-order valence-corrected chi connectivity index (χ1v) is 13.1. The highest BCUT2D eigenvalue weighted by molar-refractivity contribution is 5.80. The summed E-state index contributed by atoms with van der Waals surface area (Å²) in [6.45, 7) is 5.99. The first-order chi connectivity index (χ1) is 19.0. The van der Waals surface area contributed by atoms with E-state index in [1.54, 1.807) is 16.8 Å². The van der Waals surface area contributed by atoms with Gasteiger partial charge in [0.15, 0.2) is 5.82 Å². The van der Waals surface area contributed by atoms with Crippen molar-refractivity contribution in [3.8, 4) is 5.75 Å². The molecule has 3 aromatic carbocycles. The quantitative estimate of drug-likeness (QED) is 0.253. The number of benzene rings is 3. The number of fused-ring (bicyclic) bond motifs is 1. The van der Waals surface area contributed by atoms with Crippen LogP contribution in [-0.4, -0.2) is 36.7 Å². The molecule has 0 aliphatic carbocycles. The third-order valence-corrected chi connectivity index (χ3v) is 6.74. The molecule has 0 fully saturated rings. The Labute approximate surface area is 226 Å². The zero-order chi connectivity index (χ0) is 27.2. The molecule has 0 saturated carbocycles. The minimum atomic E-state index is -0.287. The highest BCUT2D eigenvalue weighted by Gasteiger charge is 2.26. The van der Waals surface area contributed by atoms with Gasteiger partial charge in [-0.1, -0.05) is 49.4 Å². The maximum atomic E-state index is 13.4. The van der Waals surface area contributed by atoms with Gasteiger partial charge in [0, 0.05) is 29.6 Å². The molecule has 5 rings (SSSR count). The molecule has 0 saturated heterocycles. The summed E-state index contributed by atoms with van der Waals surface area (Å²) in [7, 11) is 0. The molecule has 0 spiro atoms. The molecule has 0 amide bonds. The van der Waals surface area contributed by atoms with Crippen molar-refractivity contribution in [2.75, 3.05) is 6.61 Å². The van der Waals surface area contributed by atoms with Crippen molar-refractivity contribution in [1.82, 2.24) is 30.1 Å². The van der Waals surface area contributed by atoms with Crippen molar-refractivity contribution in [3.63, 3.8) is 0 Å². The lowest BCUT2D eigenvalue weighted by molar-refractivity contribution is 0.161. The summed E-state index contributed by atoms with van der Waals surface area (Å²) in [5.41, 5.74) is 3.28. The lowest BCUT2D eigenvalue weighted by Crippen LogP contribution is -2.32. The lowest BCUT2D eigenvalue weighted by Gasteiger charge is -2.30. The summed E-state index contributed by atoms with van der Waals surface area (Å²) in [6, 6.07) is 23.9. The lowest BCUT2D eigenvalue weighted by atomic mass is 10.1. The van der Waals surface area contributed by atoms with Crippen LogP contribution in [0, 0.1) is 5.82 Å². The van der Waals surface area contributed by atoms with Gasteiger partial charge in [-0.3, -0.25) is 9.69 Å². The van der Waals surface area contributed by atoms with Gasteiger partial charge in [0.25, 0.3) is 5.56 Å². The topological polar surface area (TPSA) is 88.9 Å². The van der Waals surface area contributed by atoms with Crippen molar-refractivity contribution < 1.29 is 9.13 Å². The number of ether oxygens (including phenoxy) is 1. The number of hydrogen-bond donors (Lipinski definition) is 1. The average molecular weight is 527 g/mol. The van der Waals surface area contributed by atoms with E-state index in [2.05, 4.69) is 44.5 Å². The summed E-state index contributed by atoms with van der Waals surface area (Å²) >= 11 is 0. The van der Waals surface area contributed by atoms with Crippen LogP contribution < -0.4 is 10.3 Å². The number of H-pyrrole nitrogens is 1. The van der Waals surface area contributed by atoms with Crippen molar-refractivity contribution in [1.29, 1.82) is 0 Å². The van der Waals surface area contributed by atoms with Gasteiger partial charge >= 0.3 is 0 Å². The Morgan fingerprint density at radius 1 is 0.974 bits per heavy atom. The zero-order valence-corrected chi connectivity index (χ0v) is 22.0. The van der Waals surface area contributed by atoms with E-state index in [4.69, 9.17) is 4.74 Å². The Morgan fingerprint density at radius 3 is 2.51 bits per heavy atom. The van der Waals surface area contributed by atoms with Crippen LogP contribution in [0.5, 0.6) is 5.75 Å². The number of nitrogens with zero attached hydrogens (tertiary/aromatic N) is 5. The molecule has 0 bridgehead atoms. The van der Waals surface area contributed by atoms with E-state index in [9.17, 15) is 9.18 Å². The summed E-state index contributed by atoms with van der Waals surface area (Å²) in [5.74, 6) is 1.16. The Kier molecular flexibility index (Phi) is 8.07. The second kappa shape index (κ2) is 12.0. The molecule has 0 radical (unpaired) electrons. The van der Waals surface area contributed by atoms with Gasteiger partial charge in [-0.25, -0.2) is 9.07 Å². The monoisotopic (exact) mass is 526 g/mol. The number of aromatic nitrogens is 5. The number of pyridine rings is 1. The van der Waals surface area contributed by atoms with E-state index < -0.39 is 0 Å². The Balaban J connectivity index is 1.50. The number of hydrogen-bond acceptors (Lipinski definition) is 6. The minimum absolute atomic E-state index is 0.134. The Morgan fingerprint density at radius 2 is 1.77 bits per heavy atom. The summed E-state index contributed by atoms with van der Waals surface area (Å²) in [4.78, 5) is 18.4. The van der Waals surface area contributed by atoms with Crippen molar-refractivity contribution in [3.05, 3.63) is 118 Å². The predicted octanol–water partition coefficient (Wildman–Crippen LogP) is 5.25. The van der Waals surface area contributed by atoms with Crippen molar-refractivity contribution >= 4 is 10.9 Å². The molecular formula is C30H31FN6O2. The molecule has 200 valence electrons. The molecule has 1 atom stereocenters. The number of tetrazole rings is 1. The normalized spacial score (nSPS) is 12.2. The Hall–Kier alpha value is -4.37. The standard InChI is InChI=1S/C30H31FN6O2/c1-3-28(29-33-34-35-37(29)19-22-10-12-25(31)13-11-22)36(18-21-8-6-5-7-9-21)20-24-16-23-17-26(39-4-2)14-15-27(23)32-30(24)38/h5-17,28H,3-4,18-20H2,1-2H3,(H,32,38). The van der Waals surface area contributed by atoms with E-state index >= 15 is 0 Å². The molecule has 2 heterocycles. The fourth-order valence-corrected chi connectivity index (χ4v) is 4.85. The zero-order valence-electron chi connectivity index (χ0n) is 22.0. The van der Waals surface area contributed by atoms with E-state index in [0.29, 0.717) is 37.6 Å². The maximum Gasteiger partial charge on any atom is 0.252 e. The summed E-state index contributed by atoms with van der Waals surface area (Å²) in [6.07, 6.45) is 0.719. The second-order valence-corrected chi connectivity index (χ2v) is 9.44. The Bertz CT molecular complexity index is 1580. The smallest absolute Gasteiger partial charge is 0.252 e. The van der Waals surface area contributed by atoms with Crippen LogP contribution in [0.2, 0.25) is 0 Å². The molecule has 9 heteroatoms. The van der Waals surface area contributed by atoms with Crippen LogP contribution in [0.15, 0.2) is 83.7 Å². The molecular weight excluding hydrogens is 495 g/mol. The molecule has 1 N–H and O–H groups in total. The van der Waals surface area contributed by atoms with Crippen LogP contribution in [-0.2, 0) is 19.6 Å². The van der Waals surface area contributed by atoms with Gasteiger partial charge in [0.2, 0.25) is 0 Å². The number of aromatic amines is 1. The van der Waals surface area contributed by atoms with Crippen LogP contribution in [0.25, 0.3) is 10.9 Å². The van der Waals surface area contributed by atoms with Gasteiger partial charge in [0.05, 0.1) is 19.2 Å². The number of rotatable bonds is 11. The van der Waals surface area contributed by atoms with Gasteiger partial charge in [-0.2, -0.15) is 0 Å². The molecule has 0 aliphatic heterocycles. The number of halogens is 1. The SMILES string of the molecule is CCOc1ccc2[nH]c(=O)c(CN(Cc3ccccc3)C(CC)c3nnnn3Cc3ccc(F)cc3)cc2c1. The molecule has 0 aliphatic rings. The van der Waals surface area contributed by atoms with E-state index in [1.807, 2.05) is 49.4 Å². The predicted molar refractivity (Wildman–Crippen MR) is 148 cm³/mol. The van der Waals surface area contributed by atoms with Crippen molar-refractivity contribution in [2.45, 2.75) is 45.9 Å². The van der Waals surface area contributed by atoms with E-state index in [1.165, 1.54) is 12.1 Å². The largest absolute Gasteiger partial charge is 0.494 e. The highest BCUT2D eigenvalue weighted by atomic mass is 19.1. The van der Waals surface area contributed by atoms with Crippen LogP contribution >= 0.6 is 0 Å². The first-order valence-electron chi connectivity index (χ1n) is 13.1. The van der Waals surface area contributed by atoms with Crippen LogP contribution in [0.1, 0.15) is 48.8 Å². The molecule has 1 unspecified atom stereocenters. The van der Waals surface area contributed by atoms with Crippen LogP contribution in [0.3, 0.4) is 0 Å². The molecule has 8 nitrogen and oxygen atoms in total. The van der Waals surface area contributed by atoms with E-state index in [0.717, 1.165) is 34.2 Å². The first kappa shape index (κ1) is 26.2. The third kappa shape index (κ3) is 6.21. The highest BCUT2D eigenvalue weighted by Crippen LogP contribution is 2.27.